The third-order valence-electron chi connectivity index (χ3n) is 2.26. The van der Waals surface area contributed by atoms with Crippen molar-refractivity contribution in [1.82, 2.24) is 5.48 Å². The number of benzene rings is 1. The van der Waals surface area contributed by atoms with E-state index in [0.29, 0.717) is 18.7 Å². The normalized spacial score (nSPS) is 10.6. The zero-order valence-electron chi connectivity index (χ0n) is 9.89. The van der Waals surface area contributed by atoms with Crippen LogP contribution in [0.2, 0.25) is 0 Å². The van der Waals surface area contributed by atoms with Crippen molar-refractivity contribution < 1.29 is 15.1 Å². The van der Waals surface area contributed by atoms with E-state index in [0.717, 1.165) is 11.3 Å². The molecule has 18 heavy (non-hydrogen) atoms. The second-order valence-electron chi connectivity index (χ2n) is 3.66. The first kappa shape index (κ1) is 14.0. The van der Waals surface area contributed by atoms with Gasteiger partial charge >= 0.3 is 0 Å². The Kier molecular flexibility index (Phi) is 5.69. The number of carbonyl (C=O) groups excluding carboxylic acids is 1. The molecule has 0 aromatic heterocycles. The van der Waals surface area contributed by atoms with Crippen molar-refractivity contribution in [3.8, 4) is 0 Å². The maximum absolute atomic E-state index is 10.8. The van der Waals surface area contributed by atoms with Crippen LogP contribution in [0.25, 0.3) is 6.08 Å². The van der Waals surface area contributed by atoms with E-state index in [1.165, 1.54) is 11.6 Å². The molecule has 6 nitrogen and oxygen atoms in total. The fourth-order valence-electron chi connectivity index (χ4n) is 1.36. The molecule has 0 aliphatic rings. The number of aliphatic hydroxyl groups is 1. The molecule has 0 spiro atoms. The Balaban J connectivity index is 2.67. The molecule has 6 heteroatoms. The Morgan fingerprint density at radius 1 is 1.44 bits per heavy atom. The van der Waals surface area contributed by atoms with E-state index < -0.39 is 5.91 Å². The second-order valence-corrected chi connectivity index (χ2v) is 3.66. The molecular formula is C12H17N3O3. The molecule has 0 saturated heterocycles. The molecule has 0 heterocycles. The quantitative estimate of drug-likeness (QED) is 0.167. The topological polar surface area (TPSA) is 108 Å². The minimum atomic E-state index is -0.598. The van der Waals surface area contributed by atoms with Crippen LogP contribution in [-0.4, -0.2) is 29.4 Å². The van der Waals surface area contributed by atoms with Gasteiger partial charge in [-0.25, -0.2) is 5.48 Å². The number of aliphatic hydroxyl groups excluding tert-OH is 1. The molecular weight excluding hydrogens is 234 g/mol. The second kappa shape index (κ2) is 7.31. The zero-order chi connectivity index (χ0) is 13.4. The average molecular weight is 251 g/mol. The number of amides is 1. The molecule has 0 atom stereocenters. The van der Waals surface area contributed by atoms with Crippen molar-refractivity contribution in [2.45, 2.75) is 6.42 Å². The maximum atomic E-state index is 10.8. The van der Waals surface area contributed by atoms with Gasteiger partial charge in [0.05, 0.1) is 11.4 Å². The number of hydrogen-bond donors (Lipinski definition) is 5. The number of anilines is 2. The molecule has 1 aromatic carbocycles. The number of hydroxylamine groups is 1. The highest BCUT2D eigenvalue weighted by atomic mass is 16.5. The highest BCUT2D eigenvalue weighted by Crippen LogP contribution is 2.20. The summed E-state index contributed by atoms with van der Waals surface area (Å²) in [5, 5.41) is 20.1. The first-order chi connectivity index (χ1) is 8.67. The number of hydrogen-bond acceptors (Lipinski definition) is 5. The lowest BCUT2D eigenvalue weighted by Gasteiger charge is -2.09. The fraction of sp³-hybridized carbons (Fsp3) is 0.250. The van der Waals surface area contributed by atoms with Crippen molar-refractivity contribution in [3.63, 3.8) is 0 Å². The largest absolute Gasteiger partial charge is 0.397 e. The molecule has 0 saturated carbocycles. The molecule has 6 N–H and O–H groups in total. The summed E-state index contributed by atoms with van der Waals surface area (Å²) in [5.74, 6) is -0.598. The highest BCUT2D eigenvalue weighted by Gasteiger charge is 1.99. The van der Waals surface area contributed by atoms with Gasteiger partial charge in [0.15, 0.2) is 0 Å². The van der Waals surface area contributed by atoms with Gasteiger partial charge in [-0.15, -0.1) is 0 Å². The van der Waals surface area contributed by atoms with Gasteiger partial charge in [-0.2, -0.15) is 0 Å². The van der Waals surface area contributed by atoms with Gasteiger partial charge in [0.2, 0.25) is 0 Å². The van der Waals surface area contributed by atoms with Crippen LogP contribution in [0.3, 0.4) is 0 Å². The lowest BCUT2D eigenvalue weighted by molar-refractivity contribution is -0.124. The number of nitrogen functional groups attached to an aromatic ring is 1. The summed E-state index contributed by atoms with van der Waals surface area (Å²) in [6, 6.07) is 5.30. The molecule has 0 aliphatic carbocycles. The van der Waals surface area contributed by atoms with E-state index in [2.05, 4.69) is 5.32 Å². The SMILES string of the molecule is Nc1cc(/C=C/C(=O)NO)ccc1NCCCO. The van der Waals surface area contributed by atoms with E-state index in [-0.39, 0.29) is 6.61 Å². The Bertz CT molecular complexity index is 433. The standard InChI is InChI=1S/C12H17N3O3/c13-10-8-9(3-5-12(17)15-18)2-4-11(10)14-6-1-7-16/h2-5,8,14,16,18H,1,6-7,13H2,(H,15,17)/b5-3+. The van der Waals surface area contributed by atoms with Crippen LogP contribution < -0.4 is 16.5 Å². The summed E-state index contributed by atoms with van der Waals surface area (Å²) in [7, 11) is 0. The molecule has 98 valence electrons. The molecule has 0 bridgehead atoms. The van der Waals surface area contributed by atoms with Crippen molar-refractivity contribution in [2.75, 3.05) is 24.2 Å². The summed E-state index contributed by atoms with van der Waals surface area (Å²) < 4.78 is 0. The van der Waals surface area contributed by atoms with Crippen LogP contribution in [0, 0.1) is 0 Å². The predicted molar refractivity (Wildman–Crippen MR) is 70.0 cm³/mol. The minimum absolute atomic E-state index is 0.129. The van der Waals surface area contributed by atoms with Gasteiger partial charge in [-0.05, 0) is 30.2 Å². The van der Waals surface area contributed by atoms with E-state index in [4.69, 9.17) is 16.0 Å². The van der Waals surface area contributed by atoms with Crippen LogP contribution in [0.5, 0.6) is 0 Å². The zero-order valence-corrected chi connectivity index (χ0v) is 9.89. The molecule has 1 aromatic rings. The Hall–Kier alpha value is -2.05. The van der Waals surface area contributed by atoms with Gasteiger partial charge in [-0.3, -0.25) is 10.0 Å². The summed E-state index contributed by atoms with van der Waals surface area (Å²) >= 11 is 0. The minimum Gasteiger partial charge on any atom is -0.397 e. The third kappa shape index (κ3) is 4.44. The first-order valence-electron chi connectivity index (χ1n) is 5.53. The maximum Gasteiger partial charge on any atom is 0.267 e. The van der Waals surface area contributed by atoms with Crippen LogP contribution in [0.4, 0.5) is 11.4 Å². The lowest BCUT2D eigenvalue weighted by atomic mass is 10.1. The summed E-state index contributed by atoms with van der Waals surface area (Å²) in [6.07, 6.45) is 3.39. The van der Waals surface area contributed by atoms with Crippen molar-refractivity contribution >= 4 is 23.4 Å². The molecule has 0 aliphatic heterocycles. The lowest BCUT2D eigenvalue weighted by Crippen LogP contribution is -2.14. The molecule has 1 amide bonds. The summed E-state index contributed by atoms with van der Waals surface area (Å²) in [5.41, 5.74) is 9.43. The summed E-state index contributed by atoms with van der Waals surface area (Å²) in [4.78, 5) is 10.8. The molecule has 1 rings (SSSR count). The van der Waals surface area contributed by atoms with Crippen molar-refractivity contribution in [2.24, 2.45) is 0 Å². The van der Waals surface area contributed by atoms with E-state index in [1.54, 1.807) is 24.3 Å². The third-order valence-corrected chi connectivity index (χ3v) is 2.26. The Morgan fingerprint density at radius 2 is 2.22 bits per heavy atom. The molecule has 0 unspecified atom stereocenters. The fourth-order valence-corrected chi connectivity index (χ4v) is 1.36. The van der Waals surface area contributed by atoms with E-state index >= 15 is 0 Å². The summed E-state index contributed by atoms with van der Waals surface area (Å²) in [6.45, 7) is 0.771. The van der Waals surface area contributed by atoms with Crippen LogP contribution >= 0.6 is 0 Å². The van der Waals surface area contributed by atoms with Gasteiger partial charge in [0.25, 0.3) is 5.91 Å². The smallest absolute Gasteiger partial charge is 0.267 e. The van der Waals surface area contributed by atoms with Gasteiger partial charge < -0.3 is 16.2 Å². The number of nitrogens with one attached hydrogen (secondary N) is 2. The van der Waals surface area contributed by atoms with Gasteiger partial charge in [0.1, 0.15) is 0 Å². The van der Waals surface area contributed by atoms with Crippen molar-refractivity contribution in [1.29, 1.82) is 0 Å². The Morgan fingerprint density at radius 3 is 2.83 bits per heavy atom. The average Bonchev–Trinajstić information content (AvgIpc) is 2.38. The van der Waals surface area contributed by atoms with Crippen LogP contribution in [0.15, 0.2) is 24.3 Å². The van der Waals surface area contributed by atoms with Gasteiger partial charge in [-0.1, -0.05) is 6.07 Å². The van der Waals surface area contributed by atoms with E-state index in [9.17, 15) is 4.79 Å². The Labute approximate surface area is 105 Å². The molecule has 0 fully saturated rings. The van der Waals surface area contributed by atoms with E-state index in [1.807, 2.05) is 0 Å². The number of rotatable bonds is 6. The number of carbonyl (C=O) groups is 1. The van der Waals surface area contributed by atoms with Crippen molar-refractivity contribution in [3.05, 3.63) is 29.8 Å². The van der Waals surface area contributed by atoms with Gasteiger partial charge in [0, 0.05) is 19.2 Å². The molecule has 0 radical (unpaired) electrons. The number of nitrogens with two attached hydrogens (primary N) is 1. The monoisotopic (exact) mass is 251 g/mol. The highest BCUT2D eigenvalue weighted by molar-refractivity contribution is 5.91. The first-order valence-corrected chi connectivity index (χ1v) is 5.53. The van der Waals surface area contributed by atoms with Crippen LogP contribution in [0.1, 0.15) is 12.0 Å². The predicted octanol–water partition coefficient (Wildman–Crippen LogP) is 0.582. The van der Waals surface area contributed by atoms with Crippen LogP contribution in [-0.2, 0) is 4.79 Å².